The first-order valence-corrected chi connectivity index (χ1v) is 6.65. The van der Waals surface area contributed by atoms with E-state index in [0.29, 0.717) is 11.4 Å². The molecule has 0 aromatic heterocycles. The molecule has 1 rings (SSSR count). The van der Waals surface area contributed by atoms with Crippen LogP contribution in [0.5, 0.6) is 5.75 Å². The number of carbonyl (C=O) groups is 1. The smallest absolute Gasteiger partial charge is 0.412 e. The molecule has 1 aromatic rings. The van der Waals surface area contributed by atoms with Crippen LogP contribution in [0.4, 0.5) is 10.5 Å². The lowest BCUT2D eigenvalue weighted by atomic mass is 9.96. The molecule has 6 heteroatoms. The van der Waals surface area contributed by atoms with Gasteiger partial charge in [0.1, 0.15) is 17.0 Å². The number of methoxy groups -OCH3 is 1. The summed E-state index contributed by atoms with van der Waals surface area (Å²) in [5.41, 5.74) is -0.102. The molecule has 0 unspecified atom stereocenters. The molecule has 0 heterocycles. The van der Waals surface area contributed by atoms with Gasteiger partial charge in [-0.1, -0.05) is 6.07 Å². The van der Waals surface area contributed by atoms with Crippen molar-refractivity contribution < 1.29 is 19.1 Å². The first-order valence-electron chi connectivity index (χ1n) is 6.65. The summed E-state index contributed by atoms with van der Waals surface area (Å²) < 4.78 is 10.4. The molecule has 0 aliphatic carbocycles. The van der Waals surface area contributed by atoms with Crippen LogP contribution in [-0.4, -0.2) is 18.8 Å². The number of rotatable bonds is 4. The summed E-state index contributed by atoms with van der Waals surface area (Å²) in [6, 6.07) is 5.26. The number of hydrogen-bond acceptors (Lipinski definition) is 5. The third-order valence-corrected chi connectivity index (χ3v) is 2.81. The lowest BCUT2D eigenvalue weighted by Gasteiger charge is -2.26. The molecule has 0 aliphatic rings. The summed E-state index contributed by atoms with van der Waals surface area (Å²) in [4.78, 5) is 16.9. The van der Waals surface area contributed by atoms with Crippen molar-refractivity contribution in [2.75, 3.05) is 12.4 Å². The van der Waals surface area contributed by atoms with Crippen LogP contribution in [0, 0.1) is 0 Å². The van der Waals surface area contributed by atoms with Gasteiger partial charge < -0.3 is 9.47 Å². The molecular weight excluding hydrogens is 272 g/mol. The fraction of sp³-hybridized carbons (Fsp3) is 0.533. The van der Waals surface area contributed by atoms with Crippen LogP contribution >= 0.6 is 0 Å². The van der Waals surface area contributed by atoms with Crippen molar-refractivity contribution in [3.63, 3.8) is 0 Å². The van der Waals surface area contributed by atoms with Crippen molar-refractivity contribution in [2.24, 2.45) is 5.90 Å². The van der Waals surface area contributed by atoms with Gasteiger partial charge >= 0.3 is 6.09 Å². The third kappa shape index (κ3) is 4.91. The van der Waals surface area contributed by atoms with Crippen molar-refractivity contribution in [2.45, 2.75) is 45.8 Å². The van der Waals surface area contributed by atoms with Crippen molar-refractivity contribution in [1.82, 2.24) is 0 Å². The number of nitrogens with two attached hydrogens (primary N) is 1. The molecule has 21 heavy (non-hydrogen) atoms. The van der Waals surface area contributed by atoms with E-state index in [9.17, 15) is 4.79 Å². The SMILES string of the molecule is COc1ccc(C(C)(C)ON)c(NC(=O)OC(C)(C)C)c1. The predicted molar refractivity (Wildman–Crippen MR) is 81.1 cm³/mol. The normalized spacial score (nSPS) is 12.0. The number of hydrogen-bond donors (Lipinski definition) is 2. The number of ether oxygens (including phenoxy) is 2. The largest absolute Gasteiger partial charge is 0.497 e. The highest BCUT2D eigenvalue weighted by Gasteiger charge is 2.26. The van der Waals surface area contributed by atoms with Gasteiger partial charge in [0.15, 0.2) is 0 Å². The molecule has 0 atom stereocenters. The Bertz CT molecular complexity index is 507. The lowest BCUT2D eigenvalue weighted by molar-refractivity contribution is -0.0231. The predicted octanol–water partition coefficient (Wildman–Crippen LogP) is 3.17. The summed E-state index contributed by atoms with van der Waals surface area (Å²) in [5.74, 6) is 5.94. The summed E-state index contributed by atoms with van der Waals surface area (Å²) in [6.45, 7) is 8.99. The van der Waals surface area contributed by atoms with Crippen LogP contribution in [0.25, 0.3) is 0 Å². The van der Waals surface area contributed by atoms with Crippen molar-refractivity contribution >= 4 is 11.8 Å². The maximum absolute atomic E-state index is 11.9. The van der Waals surface area contributed by atoms with Crippen LogP contribution in [-0.2, 0) is 15.2 Å². The Hall–Kier alpha value is -1.79. The van der Waals surface area contributed by atoms with E-state index in [1.807, 2.05) is 0 Å². The van der Waals surface area contributed by atoms with Gasteiger partial charge in [-0.2, -0.15) is 0 Å². The van der Waals surface area contributed by atoms with Crippen LogP contribution in [0.15, 0.2) is 18.2 Å². The number of carbonyl (C=O) groups excluding carboxylic acids is 1. The van der Waals surface area contributed by atoms with Gasteiger partial charge in [-0.25, -0.2) is 10.7 Å². The van der Waals surface area contributed by atoms with Crippen LogP contribution in [0.2, 0.25) is 0 Å². The third-order valence-electron chi connectivity index (χ3n) is 2.81. The Kier molecular flexibility index (Phi) is 5.20. The van der Waals surface area contributed by atoms with Crippen molar-refractivity contribution in [3.8, 4) is 5.75 Å². The topological polar surface area (TPSA) is 82.8 Å². The Morgan fingerprint density at radius 2 is 1.81 bits per heavy atom. The molecule has 118 valence electrons. The molecular formula is C15H24N2O4. The van der Waals surface area contributed by atoms with Gasteiger partial charge in [0.05, 0.1) is 12.8 Å². The number of anilines is 1. The van der Waals surface area contributed by atoms with Crippen LogP contribution in [0.1, 0.15) is 40.2 Å². The maximum atomic E-state index is 11.9. The molecule has 0 spiro atoms. The summed E-state index contributed by atoms with van der Waals surface area (Å²) in [5, 5.41) is 2.71. The molecule has 0 aliphatic heterocycles. The first-order chi connectivity index (χ1) is 9.59. The van der Waals surface area contributed by atoms with Gasteiger partial charge in [-0.15, -0.1) is 0 Å². The standard InChI is InChI=1S/C15H24N2O4/c1-14(2,3)20-13(18)17-12-9-10(19-6)7-8-11(12)15(4,5)21-16/h7-9H,16H2,1-6H3,(H,17,18). The Morgan fingerprint density at radius 1 is 1.19 bits per heavy atom. The van der Waals surface area contributed by atoms with Gasteiger partial charge in [-0.05, 0) is 40.7 Å². The second-order valence-corrected chi connectivity index (χ2v) is 6.17. The van der Waals surface area contributed by atoms with E-state index in [4.69, 9.17) is 20.2 Å². The highest BCUT2D eigenvalue weighted by Crippen LogP contribution is 2.33. The van der Waals surface area contributed by atoms with Gasteiger partial charge in [0.25, 0.3) is 0 Å². The number of nitrogens with one attached hydrogen (secondary N) is 1. The molecule has 0 saturated carbocycles. The number of benzene rings is 1. The quantitative estimate of drug-likeness (QED) is 0.834. The lowest BCUT2D eigenvalue weighted by Crippen LogP contribution is -2.30. The average molecular weight is 296 g/mol. The van der Waals surface area contributed by atoms with E-state index in [0.717, 1.165) is 5.56 Å². The molecule has 1 amide bonds. The fourth-order valence-electron chi connectivity index (χ4n) is 1.76. The highest BCUT2D eigenvalue weighted by molar-refractivity contribution is 5.86. The Morgan fingerprint density at radius 3 is 2.29 bits per heavy atom. The van der Waals surface area contributed by atoms with E-state index >= 15 is 0 Å². The zero-order valence-electron chi connectivity index (χ0n) is 13.4. The van der Waals surface area contributed by atoms with Crippen molar-refractivity contribution in [3.05, 3.63) is 23.8 Å². The molecule has 0 bridgehead atoms. The minimum atomic E-state index is -0.767. The van der Waals surface area contributed by atoms with E-state index in [1.165, 1.54) is 0 Å². The summed E-state index contributed by atoms with van der Waals surface area (Å²) in [7, 11) is 1.55. The average Bonchev–Trinajstić information content (AvgIpc) is 2.36. The zero-order chi connectivity index (χ0) is 16.3. The van der Waals surface area contributed by atoms with Gasteiger partial charge in [0, 0.05) is 11.6 Å². The zero-order valence-corrected chi connectivity index (χ0v) is 13.4. The van der Waals surface area contributed by atoms with Crippen LogP contribution in [0.3, 0.4) is 0 Å². The van der Waals surface area contributed by atoms with E-state index in [2.05, 4.69) is 5.32 Å². The molecule has 3 N–H and O–H groups in total. The second-order valence-electron chi connectivity index (χ2n) is 6.17. The molecule has 0 saturated heterocycles. The molecule has 0 fully saturated rings. The minimum Gasteiger partial charge on any atom is -0.497 e. The minimum absolute atomic E-state index is 0.527. The Labute approximate surface area is 125 Å². The van der Waals surface area contributed by atoms with Crippen LogP contribution < -0.4 is 16.0 Å². The van der Waals surface area contributed by atoms with Gasteiger partial charge in [0.2, 0.25) is 0 Å². The monoisotopic (exact) mass is 296 g/mol. The second kappa shape index (κ2) is 6.32. The van der Waals surface area contributed by atoms with E-state index < -0.39 is 17.3 Å². The molecule has 1 aromatic carbocycles. The fourth-order valence-corrected chi connectivity index (χ4v) is 1.76. The maximum Gasteiger partial charge on any atom is 0.412 e. The van der Waals surface area contributed by atoms with Gasteiger partial charge in [-0.3, -0.25) is 10.2 Å². The Balaban J connectivity index is 3.11. The van der Waals surface area contributed by atoms with E-state index in [-0.39, 0.29) is 0 Å². The molecule has 0 radical (unpaired) electrons. The molecule has 6 nitrogen and oxygen atoms in total. The summed E-state index contributed by atoms with van der Waals surface area (Å²) >= 11 is 0. The highest BCUT2D eigenvalue weighted by atomic mass is 16.6. The van der Waals surface area contributed by atoms with E-state index in [1.54, 1.807) is 59.9 Å². The number of amides is 1. The first kappa shape index (κ1) is 17.3. The summed E-state index contributed by atoms with van der Waals surface area (Å²) in [6.07, 6.45) is -0.551. The van der Waals surface area contributed by atoms with Crippen molar-refractivity contribution in [1.29, 1.82) is 0 Å².